The van der Waals surface area contributed by atoms with Crippen LogP contribution in [0, 0.1) is 6.92 Å². The highest BCUT2D eigenvalue weighted by Crippen LogP contribution is 2.33. The van der Waals surface area contributed by atoms with E-state index in [9.17, 15) is 0 Å². The van der Waals surface area contributed by atoms with E-state index in [1.54, 1.807) is 0 Å². The molecule has 0 saturated carbocycles. The second kappa shape index (κ2) is 4.86. The van der Waals surface area contributed by atoms with Gasteiger partial charge in [0.2, 0.25) is 0 Å². The molecule has 0 fully saturated rings. The third kappa shape index (κ3) is 2.33. The summed E-state index contributed by atoms with van der Waals surface area (Å²) in [6.45, 7) is 4.33. The summed E-state index contributed by atoms with van der Waals surface area (Å²) in [7, 11) is 0. The van der Waals surface area contributed by atoms with E-state index < -0.39 is 0 Å². The van der Waals surface area contributed by atoms with E-state index in [4.69, 9.17) is 11.6 Å². The van der Waals surface area contributed by atoms with Crippen molar-refractivity contribution in [2.24, 2.45) is 0 Å². The van der Waals surface area contributed by atoms with Crippen molar-refractivity contribution in [1.29, 1.82) is 0 Å². The molecule has 0 saturated heterocycles. The molecule has 1 heteroatoms. The molecule has 0 aliphatic heterocycles. The molecule has 0 N–H and O–H groups in total. The van der Waals surface area contributed by atoms with E-state index in [1.807, 2.05) is 0 Å². The highest BCUT2D eigenvalue weighted by atomic mass is 35.5. The zero-order valence-electron chi connectivity index (χ0n) is 11.3. The van der Waals surface area contributed by atoms with Gasteiger partial charge < -0.3 is 0 Å². The molecule has 0 atom stereocenters. The Kier molecular flexibility index (Phi) is 3.20. The maximum Gasteiger partial charge on any atom is 0.0487 e. The van der Waals surface area contributed by atoms with Crippen LogP contribution in [0.1, 0.15) is 40.3 Å². The largest absolute Gasteiger partial charge is 0.0837 e. The number of fused-ring (bicyclic) bond motifs is 2. The van der Waals surface area contributed by atoms with Crippen LogP contribution in [-0.4, -0.2) is 0 Å². The highest BCUT2D eigenvalue weighted by Gasteiger charge is 2.14. The molecule has 3 rings (SSSR count). The Bertz CT molecular complexity index is 665. The summed E-state index contributed by atoms with van der Waals surface area (Å²) in [6.07, 6.45) is 4.12. The van der Waals surface area contributed by atoms with Gasteiger partial charge in [0.1, 0.15) is 0 Å². The lowest BCUT2D eigenvalue weighted by Crippen LogP contribution is -1.95. The summed E-state index contributed by atoms with van der Waals surface area (Å²) in [4.78, 5) is 0. The third-order valence-electron chi connectivity index (χ3n) is 3.80. The zero-order valence-corrected chi connectivity index (χ0v) is 12.1. The first kappa shape index (κ1) is 12.5. The van der Waals surface area contributed by atoms with Gasteiger partial charge in [-0.25, -0.2) is 0 Å². The van der Waals surface area contributed by atoms with Crippen molar-refractivity contribution >= 4 is 22.7 Å². The van der Waals surface area contributed by atoms with E-state index in [0.29, 0.717) is 0 Å². The molecule has 0 heterocycles. The maximum absolute atomic E-state index is 6.48. The first-order chi connectivity index (χ1) is 9.17. The molecule has 2 aromatic rings. The van der Waals surface area contributed by atoms with Crippen LogP contribution in [0.2, 0.25) is 0 Å². The lowest BCUT2D eigenvalue weighted by Gasteiger charge is -2.09. The van der Waals surface area contributed by atoms with Crippen molar-refractivity contribution in [1.82, 2.24) is 0 Å². The van der Waals surface area contributed by atoms with Gasteiger partial charge in [-0.3, -0.25) is 0 Å². The topological polar surface area (TPSA) is 0 Å². The summed E-state index contributed by atoms with van der Waals surface area (Å²) >= 11 is 6.48. The van der Waals surface area contributed by atoms with Crippen LogP contribution in [0.5, 0.6) is 0 Å². The molecule has 0 radical (unpaired) electrons. The third-order valence-corrected chi connectivity index (χ3v) is 4.11. The fraction of sp³-hybridized carbons (Fsp3) is 0.222. The molecular formula is C18H17Cl. The maximum atomic E-state index is 6.48. The molecule has 0 spiro atoms. The second-order valence-corrected chi connectivity index (χ2v) is 5.62. The van der Waals surface area contributed by atoms with Gasteiger partial charge in [-0.05, 0) is 53.7 Å². The van der Waals surface area contributed by atoms with Crippen molar-refractivity contribution in [3.8, 4) is 0 Å². The Hall–Kier alpha value is -1.53. The summed E-state index contributed by atoms with van der Waals surface area (Å²) in [5.41, 5.74) is 7.80. The minimum absolute atomic E-state index is 0.847. The number of halogens is 1. The first-order valence-corrected chi connectivity index (χ1v) is 7.14. The Morgan fingerprint density at radius 1 is 1.05 bits per heavy atom. The summed E-state index contributed by atoms with van der Waals surface area (Å²) in [5.74, 6) is 0. The smallest absolute Gasteiger partial charge is 0.0487 e. The van der Waals surface area contributed by atoms with E-state index in [0.717, 1.165) is 17.9 Å². The average molecular weight is 269 g/mol. The van der Waals surface area contributed by atoms with Gasteiger partial charge >= 0.3 is 0 Å². The van der Waals surface area contributed by atoms with Gasteiger partial charge in [-0.2, -0.15) is 0 Å². The van der Waals surface area contributed by atoms with Crippen LogP contribution in [0.4, 0.5) is 0 Å². The number of hydrogen-bond acceptors (Lipinski definition) is 0. The van der Waals surface area contributed by atoms with Crippen LogP contribution in [0.25, 0.3) is 11.1 Å². The fourth-order valence-electron chi connectivity index (χ4n) is 2.69. The predicted octanol–water partition coefficient (Wildman–Crippen LogP) is 5.20. The van der Waals surface area contributed by atoms with Crippen molar-refractivity contribution in [3.63, 3.8) is 0 Å². The molecule has 2 aromatic carbocycles. The Labute approximate surface area is 119 Å². The normalized spacial score (nSPS) is 13.3. The minimum Gasteiger partial charge on any atom is -0.0837 e. The zero-order chi connectivity index (χ0) is 13.4. The van der Waals surface area contributed by atoms with E-state index in [2.05, 4.69) is 56.3 Å². The fourth-order valence-corrected chi connectivity index (χ4v) is 3.00. The van der Waals surface area contributed by atoms with Crippen molar-refractivity contribution in [2.75, 3.05) is 0 Å². The molecule has 0 unspecified atom stereocenters. The van der Waals surface area contributed by atoms with Crippen molar-refractivity contribution in [3.05, 3.63) is 69.8 Å². The van der Waals surface area contributed by atoms with Gasteiger partial charge in [-0.1, -0.05) is 60.5 Å². The molecule has 0 bridgehead atoms. The highest BCUT2D eigenvalue weighted by molar-refractivity contribution is 6.51. The lowest BCUT2D eigenvalue weighted by molar-refractivity contribution is 1.10. The van der Waals surface area contributed by atoms with Gasteiger partial charge in [-0.15, -0.1) is 0 Å². The Morgan fingerprint density at radius 2 is 1.89 bits per heavy atom. The van der Waals surface area contributed by atoms with Crippen LogP contribution >= 0.6 is 11.6 Å². The lowest BCUT2D eigenvalue weighted by atomic mass is 9.96. The minimum atomic E-state index is 0.847. The van der Waals surface area contributed by atoms with E-state index in [1.165, 1.54) is 33.4 Å². The number of rotatable bonds is 1. The van der Waals surface area contributed by atoms with Crippen LogP contribution in [0.3, 0.4) is 0 Å². The van der Waals surface area contributed by atoms with E-state index in [-0.39, 0.29) is 0 Å². The summed E-state index contributed by atoms with van der Waals surface area (Å²) in [5, 5.41) is 0.847. The number of aryl methyl sites for hydroxylation is 2. The van der Waals surface area contributed by atoms with Gasteiger partial charge in [0.25, 0.3) is 0 Å². The molecule has 0 amide bonds. The molecule has 1 aliphatic carbocycles. The predicted molar refractivity (Wildman–Crippen MR) is 83.5 cm³/mol. The van der Waals surface area contributed by atoms with Gasteiger partial charge in [0, 0.05) is 5.03 Å². The molecule has 19 heavy (non-hydrogen) atoms. The molecular weight excluding hydrogens is 252 g/mol. The van der Waals surface area contributed by atoms with Crippen molar-refractivity contribution < 1.29 is 0 Å². The first-order valence-electron chi connectivity index (χ1n) is 6.76. The molecule has 0 nitrogen and oxygen atoms in total. The average Bonchev–Trinajstić information content (AvgIpc) is 2.54. The second-order valence-electron chi connectivity index (χ2n) is 5.22. The monoisotopic (exact) mass is 268 g/mol. The summed E-state index contributed by atoms with van der Waals surface area (Å²) < 4.78 is 0. The molecule has 1 aliphatic rings. The van der Waals surface area contributed by atoms with Crippen LogP contribution in [0.15, 0.2) is 36.4 Å². The molecule has 0 aromatic heterocycles. The van der Waals surface area contributed by atoms with Gasteiger partial charge in [0.15, 0.2) is 0 Å². The van der Waals surface area contributed by atoms with Gasteiger partial charge in [0.05, 0.1) is 0 Å². The standard InChI is InChI=1S/C18H17Cl/c1-3-13-5-7-17-16(9-13)10-15-8-12(2)4-6-14(15)11-18(17)19/h4-9,11H,3,10H2,1-2H3. The summed E-state index contributed by atoms with van der Waals surface area (Å²) in [6, 6.07) is 13.2. The molecule has 96 valence electrons. The SMILES string of the molecule is CCc1ccc2c(c1)Cc1cc(C)ccc1C=C2Cl. The number of hydrogen-bond donors (Lipinski definition) is 0. The van der Waals surface area contributed by atoms with Crippen molar-refractivity contribution in [2.45, 2.75) is 26.7 Å². The number of benzene rings is 2. The van der Waals surface area contributed by atoms with Crippen LogP contribution in [-0.2, 0) is 12.8 Å². The van der Waals surface area contributed by atoms with E-state index >= 15 is 0 Å². The quantitative estimate of drug-likeness (QED) is 0.667. The Morgan fingerprint density at radius 3 is 2.68 bits per heavy atom. The Balaban J connectivity index is 2.19. The van der Waals surface area contributed by atoms with Crippen LogP contribution < -0.4 is 0 Å².